The summed E-state index contributed by atoms with van der Waals surface area (Å²) in [7, 11) is 0. The average Bonchev–Trinajstić information content (AvgIpc) is 3.18. The van der Waals surface area contributed by atoms with Gasteiger partial charge in [-0.05, 0) is 0 Å². The average molecular weight is 362 g/mol. The Morgan fingerprint density at radius 2 is 2.15 bits per heavy atom. The first-order chi connectivity index (χ1) is 12.4. The number of aromatic amines is 1. The third-order valence-corrected chi connectivity index (χ3v) is 4.33. The van der Waals surface area contributed by atoms with Crippen LogP contribution in [0, 0.1) is 0 Å². The summed E-state index contributed by atoms with van der Waals surface area (Å²) in [6, 6.07) is 0. The molecule has 136 valence electrons. The molecule has 1 fully saturated rings. The first-order valence-corrected chi connectivity index (χ1v) is 7.68. The number of nitrogens with two attached hydrogens (primary N) is 1. The highest BCUT2D eigenvalue weighted by molar-refractivity contribution is 5.70. The molecule has 3 aromatic rings. The molecule has 1 aliphatic heterocycles. The first-order valence-electron chi connectivity index (χ1n) is 7.68. The van der Waals surface area contributed by atoms with E-state index >= 15 is 0 Å². The molecule has 1 aromatic carbocycles. The van der Waals surface area contributed by atoms with Gasteiger partial charge in [-0.3, -0.25) is 23.9 Å². The molecule has 4 rings (SSSR count). The Hall–Kier alpha value is -3.25. The van der Waals surface area contributed by atoms with Crippen LogP contribution in [-0.4, -0.2) is 48.5 Å². The number of aromatic hydroxyl groups is 1. The summed E-state index contributed by atoms with van der Waals surface area (Å²) in [5, 5.41) is 22.1. The molecule has 3 heterocycles. The highest BCUT2D eigenvalue weighted by atomic mass is 16.5. The van der Waals surface area contributed by atoms with E-state index in [0.29, 0.717) is 0 Å². The van der Waals surface area contributed by atoms with Gasteiger partial charge in [-0.15, -0.1) is 0 Å². The zero-order valence-electron chi connectivity index (χ0n) is 13.2. The lowest BCUT2D eigenvalue weighted by atomic mass is 10.1. The number of H-pyrrole nitrogens is 1. The Bertz CT molecular complexity index is 1130. The van der Waals surface area contributed by atoms with Crippen LogP contribution in [0.2, 0.25) is 0 Å². The number of nitrogens with one attached hydrogen (secondary N) is 2. The molecule has 26 heavy (non-hydrogen) atoms. The van der Waals surface area contributed by atoms with Crippen molar-refractivity contribution in [1.82, 2.24) is 19.5 Å². The largest absolute Gasteiger partial charge is 0.502 e. The number of nitrogens with zero attached hydrogens (tertiary/aromatic N) is 3. The molecular formula is C14H14N6O6. The van der Waals surface area contributed by atoms with E-state index in [-0.39, 0.29) is 35.8 Å². The second kappa shape index (κ2) is 5.64. The molecule has 12 nitrogen and oxygen atoms in total. The fourth-order valence-corrected chi connectivity index (χ4v) is 2.97. The maximum absolute atomic E-state index is 11.8. The molecule has 6 N–H and O–H groups in total. The van der Waals surface area contributed by atoms with E-state index in [1.165, 1.54) is 10.9 Å². The van der Waals surface area contributed by atoms with Crippen molar-refractivity contribution in [3.63, 3.8) is 0 Å². The number of anilines is 2. The summed E-state index contributed by atoms with van der Waals surface area (Å²) in [6.07, 6.45) is -0.720. The van der Waals surface area contributed by atoms with Gasteiger partial charge in [-0.25, -0.2) is 4.98 Å². The van der Waals surface area contributed by atoms with Gasteiger partial charge >= 0.3 is 0 Å². The number of hydrogen-bond donors (Lipinski definition) is 5. The van der Waals surface area contributed by atoms with Crippen LogP contribution in [0.4, 0.5) is 11.6 Å². The van der Waals surface area contributed by atoms with Gasteiger partial charge in [0.25, 0.3) is 16.4 Å². The van der Waals surface area contributed by atoms with Crippen molar-refractivity contribution >= 4 is 22.8 Å². The lowest BCUT2D eigenvalue weighted by Crippen LogP contribution is -2.37. The van der Waals surface area contributed by atoms with Crippen LogP contribution in [-0.2, 0) is 4.74 Å². The number of fused-ring (bicyclic) bond motifs is 1. The van der Waals surface area contributed by atoms with Crippen molar-refractivity contribution in [2.45, 2.75) is 24.9 Å². The van der Waals surface area contributed by atoms with Gasteiger partial charge in [-0.1, -0.05) is 0 Å². The number of aliphatic hydroxyl groups is 1. The number of aromatic nitrogens is 4. The second-order valence-corrected chi connectivity index (χ2v) is 5.97. The minimum atomic E-state index is -0.947. The monoisotopic (exact) mass is 362 g/mol. The normalized spacial score (nSPS) is 23.0. The summed E-state index contributed by atoms with van der Waals surface area (Å²) < 4.78 is 7.22. The molecule has 2 aromatic heterocycles. The molecule has 1 saturated heterocycles. The number of rotatable bonds is 4. The maximum Gasteiger partial charge on any atom is 0.280 e. The van der Waals surface area contributed by atoms with Crippen LogP contribution in [0.25, 0.3) is 11.2 Å². The Labute approximate surface area is 143 Å². The van der Waals surface area contributed by atoms with Gasteiger partial charge < -0.3 is 26.0 Å². The molecule has 1 aliphatic rings. The first kappa shape index (κ1) is 16.2. The molecule has 0 aliphatic carbocycles. The molecule has 0 spiro atoms. The van der Waals surface area contributed by atoms with Crippen molar-refractivity contribution < 1.29 is 14.9 Å². The summed E-state index contributed by atoms with van der Waals surface area (Å²) >= 11 is 0. The van der Waals surface area contributed by atoms with Crippen LogP contribution in [0.1, 0.15) is 12.6 Å². The van der Waals surface area contributed by atoms with Crippen molar-refractivity contribution in [2.24, 2.45) is 0 Å². The van der Waals surface area contributed by atoms with Crippen LogP contribution in [0.15, 0.2) is 20.7 Å². The molecule has 0 unspecified atom stereocenters. The minimum Gasteiger partial charge on any atom is -0.502 e. The Morgan fingerprint density at radius 3 is 2.88 bits per heavy atom. The topological polar surface area (TPSA) is 185 Å². The Kier molecular flexibility index (Phi) is 3.52. The van der Waals surface area contributed by atoms with Gasteiger partial charge in [0.2, 0.25) is 5.95 Å². The fourth-order valence-electron chi connectivity index (χ4n) is 2.97. The molecule has 12 heteroatoms. The highest BCUT2D eigenvalue weighted by Gasteiger charge is 2.36. The Morgan fingerprint density at radius 1 is 1.38 bits per heavy atom. The predicted molar refractivity (Wildman–Crippen MR) is 88.6 cm³/mol. The Balaban J connectivity index is 1.53. The van der Waals surface area contributed by atoms with Gasteiger partial charge in [0.05, 0.1) is 12.4 Å². The van der Waals surface area contributed by atoms with E-state index in [1.54, 1.807) is 0 Å². The van der Waals surface area contributed by atoms with Crippen molar-refractivity contribution in [2.75, 3.05) is 17.6 Å². The summed E-state index contributed by atoms with van der Waals surface area (Å²) in [6.45, 7) is -0.00113. The molecular weight excluding hydrogens is 348 g/mol. The second-order valence-electron chi connectivity index (χ2n) is 5.97. The van der Waals surface area contributed by atoms with E-state index in [9.17, 15) is 24.6 Å². The summed E-state index contributed by atoms with van der Waals surface area (Å²) in [5.74, 6) is -0.699. The van der Waals surface area contributed by atoms with E-state index in [2.05, 4.69) is 20.3 Å². The maximum atomic E-state index is 11.8. The van der Waals surface area contributed by atoms with Crippen molar-refractivity contribution in [3.05, 3.63) is 37.1 Å². The predicted octanol–water partition coefficient (Wildman–Crippen LogP) is -2.24. The van der Waals surface area contributed by atoms with E-state index in [0.717, 1.165) is 0 Å². The van der Waals surface area contributed by atoms with Gasteiger partial charge in [-0.2, -0.15) is 4.98 Å². The van der Waals surface area contributed by atoms with E-state index in [4.69, 9.17) is 10.5 Å². The zero-order valence-corrected chi connectivity index (χ0v) is 13.2. The lowest BCUT2D eigenvalue weighted by molar-refractivity contribution is -0.00938. The standard InChI is InChI=1S/C14H14N6O6/c15-14-18-12-8(13(25)19-14)17-3-20(12)6-1-4(21)5(26-6)2-16-7-9(22)11(24)10(7)23/h3-6,16,21-22H,1-2H2,(H3,15,18,19,25)/t4-,5+,6+/m0/s1. The fraction of sp³-hybridized carbons (Fsp3) is 0.357. The van der Waals surface area contributed by atoms with Gasteiger partial charge in [0.1, 0.15) is 18.0 Å². The van der Waals surface area contributed by atoms with Crippen LogP contribution >= 0.6 is 0 Å². The third kappa shape index (κ3) is 2.34. The SMILES string of the molecule is Nc1nc2c(ncn2[C@H]2C[C@H](O)[C@@H](CNc3c(O)c(=O)c3=O)O2)c(=O)[nH]1. The molecule has 0 saturated carbocycles. The van der Waals surface area contributed by atoms with Crippen LogP contribution in [0.5, 0.6) is 5.75 Å². The highest BCUT2D eigenvalue weighted by Crippen LogP contribution is 2.31. The molecule has 0 amide bonds. The minimum absolute atomic E-state index is 0.00113. The molecule has 3 atom stereocenters. The van der Waals surface area contributed by atoms with Crippen LogP contribution < -0.4 is 27.5 Å². The molecule has 0 bridgehead atoms. The number of imidazole rings is 1. The van der Waals surface area contributed by atoms with Crippen molar-refractivity contribution in [3.8, 4) is 5.75 Å². The van der Waals surface area contributed by atoms with Gasteiger partial charge in [0, 0.05) is 13.0 Å². The smallest absolute Gasteiger partial charge is 0.280 e. The zero-order chi connectivity index (χ0) is 18.6. The quantitative estimate of drug-likeness (QED) is 0.318. The van der Waals surface area contributed by atoms with Crippen LogP contribution in [0.3, 0.4) is 0 Å². The summed E-state index contributed by atoms with van der Waals surface area (Å²) in [4.78, 5) is 44.5. The third-order valence-electron chi connectivity index (χ3n) is 4.33. The van der Waals surface area contributed by atoms with Crippen molar-refractivity contribution in [1.29, 1.82) is 0 Å². The molecule has 0 radical (unpaired) electrons. The van der Waals surface area contributed by atoms with E-state index in [1.807, 2.05) is 0 Å². The number of hydrogen-bond acceptors (Lipinski definition) is 10. The van der Waals surface area contributed by atoms with E-state index < -0.39 is 40.6 Å². The van der Waals surface area contributed by atoms with Gasteiger partial charge in [0.15, 0.2) is 16.9 Å². The number of ether oxygens (including phenoxy) is 1. The summed E-state index contributed by atoms with van der Waals surface area (Å²) in [5.41, 5.74) is 3.42. The lowest BCUT2D eigenvalue weighted by Gasteiger charge is -2.17. The number of aliphatic hydroxyl groups excluding tert-OH is 1. The number of nitrogen functional groups attached to an aromatic ring is 1.